The highest BCUT2D eigenvalue weighted by Crippen LogP contribution is 2.22. The lowest BCUT2D eigenvalue weighted by Crippen LogP contribution is -2.37. The lowest BCUT2D eigenvalue weighted by Gasteiger charge is -2.08. The van der Waals surface area contributed by atoms with Gasteiger partial charge in [0.15, 0.2) is 6.61 Å². The number of aromatic nitrogens is 1. The molecule has 7 nitrogen and oxygen atoms in total. The third-order valence-corrected chi connectivity index (χ3v) is 3.52. The highest BCUT2D eigenvalue weighted by molar-refractivity contribution is 9.10. The summed E-state index contributed by atoms with van der Waals surface area (Å²) in [6, 6.07) is 9.86. The molecule has 3 amide bonds. The molecule has 2 rings (SSSR count). The summed E-state index contributed by atoms with van der Waals surface area (Å²) in [6.45, 7) is 1.07. The smallest absolute Gasteiger partial charge is 0.340 e. The summed E-state index contributed by atoms with van der Waals surface area (Å²) < 4.78 is 5.75. The van der Waals surface area contributed by atoms with Crippen LogP contribution in [-0.2, 0) is 9.53 Å². The molecule has 0 fully saturated rings. The Morgan fingerprint density at radius 2 is 2.00 bits per heavy atom. The lowest BCUT2D eigenvalue weighted by atomic mass is 10.1. The number of pyridine rings is 1. The van der Waals surface area contributed by atoms with Gasteiger partial charge in [-0.1, -0.05) is 28.1 Å². The van der Waals surface area contributed by atoms with Gasteiger partial charge < -0.3 is 10.5 Å². The number of imide groups is 1. The van der Waals surface area contributed by atoms with Gasteiger partial charge in [0.2, 0.25) is 0 Å². The minimum atomic E-state index is -1.01. The maximum Gasteiger partial charge on any atom is 0.340 e. The van der Waals surface area contributed by atoms with Gasteiger partial charge in [0, 0.05) is 10.0 Å². The Kier molecular flexibility index (Phi) is 5.64. The van der Waals surface area contributed by atoms with Crippen molar-refractivity contribution in [1.29, 1.82) is 0 Å². The Balaban J connectivity index is 2.10. The Morgan fingerprint density at radius 1 is 1.25 bits per heavy atom. The number of nitrogens with zero attached hydrogens (tertiary/aromatic N) is 1. The largest absolute Gasteiger partial charge is 0.452 e. The Hall–Kier alpha value is -2.74. The van der Waals surface area contributed by atoms with Crippen LogP contribution < -0.4 is 11.1 Å². The molecule has 3 N–H and O–H groups in total. The second-order valence-corrected chi connectivity index (χ2v) is 5.74. The van der Waals surface area contributed by atoms with Crippen LogP contribution in [0.25, 0.3) is 11.3 Å². The average molecular weight is 392 g/mol. The fourth-order valence-corrected chi connectivity index (χ4v) is 2.37. The number of halogens is 1. The molecule has 24 heavy (non-hydrogen) atoms. The molecule has 1 heterocycles. The SMILES string of the molecule is Cc1nc(-c2cccc(Br)c2)ccc1C(=O)OCC(=O)NC(N)=O. The van der Waals surface area contributed by atoms with Gasteiger partial charge in [0.05, 0.1) is 17.0 Å². The monoisotopic (exact) mass is 391 g/mol. The van der Waals surface area contributed by atoms with Gasteiger partial charge in [-0.15, -0.1) is 0 Å². The zero-order chi connectivity index (χ0) is 17.7. The summed E-state index contributed by atoms with van der Waals surface area (Å²) in [4.78, 5) is 38.1. The molecule has 0 radical (unpaired) electrons. The zero-order valence-corrected chi connectivity index (χ0v) is 14.3. The number of esters is 1. The lowest BCUT2D eigenvalue weighted by molar-refractivity contribution is -0.123. The highest BCUT2D eigenvalue weighted by Gasteiger charge is 2.15. The molecular weight excluding hydrogens is 378 g/mol. The van der Waals surface area contributed by atoms with Gasteiger partial charge in [-0.3, -0.25) is 15.1 Å². The predicted molar refractivity (Wildman–Crippen MR) is 90.1 cm³/mol. The molecule has 1 aromatic heterocycles. The second-order valence-electron chi connectivity index (χ2n) is 4.83. The van der Waals surface area contributed by atoms with Gasteiger partial charge in [0.1, 0.15) is 0 Å². The fourth-order valence-electron chi connectivity index (χ4n) is 1.97. The van der Waals surface area contributed by atoms with E-state index in [0.717, 1.165) is 10.0 Å². The predicted octanol–water partition coefficient (Wildman–Crippen LogP) is 2.17. The average Bonchev–Trinajstić information content (AvgIpc) is 2.52. The molecule has 1 aromatic carbocycles. The summed E-state index contributed by atoms with van der Waals surface area (Å²) in [5.41, 5.74) is 7.10. The van der Waals surface area contributed by atoms with E-state index in [-0.39, 0.29) is 5.56 Å². The maximum absolute atomic E-state index is 12.0. The Morgan fingerprint density at radius 3 is 2.62 bits per heavy atom. The van der Waals surface area contributed by atoms with Crippen LogP contribution in [0.3, 0.4) is 0 Å². The molecule has 0 aliphatic carbocycles. The van der Waals surface area contributed by atoms with Crippen molar-refractivity contribution in [3.05, 3.63) is 52.1 Å². The van der Waals surface area contributed by atoms with E-state index in [1.807, 2.05) is 24.3 Å². The number of aryl methyl sites for hydroxylation is 1. The number of nitrogens with one attached hydrogen (secondary N) is 1. The Labute approximate surface area is 146 Å². The van der Waals surface area contributed by atoms with Gasteiger partial charge >= 0.3 is 12.0 Å². The van der Waals surface area contributed by atoms with Crippen molar-refractivity contribution in [1.82, 2.24) is 10.3 Å². The number of amides is 3. The number of urea groups is 1. The second kappa shape index (κ2) is 7.69. The third-order valence-electron chi connectivity index (χ3n) is 3.02. The summed E-state index contributed by atoms with van der Waals surface area (Å²) in [5, 5.41) is 1.80. The molecule has 2 aromatic rings. The maximum atomic E-state index is 12.0. The molecule has 124 valence electrons. The van der Waals surface area contributed by atoms with Gasteiger partial charge in [-0.05, 0) is 31.2 Å². The van der Waals surface area contributed by atoms with Crippen molar-refractivity contribution in [3.63, 3.8) is 0 Å². The molecule has 0 bridgehead atoms. The first-order chi connectivity index (χ1) is 11.4. The van der Waals surface area contributed by atoms with E-state index < -0.39 is 24.5 Å². The number of carbonyl (C=O) groups excluding carboxylic acids is 3. The van der Waals surface area contributed by atoms with E-state index in [2.05, 4.69) is 20.9 Å². The van der Waals surface area contributed by atoms with Crippen LogP contribution in [0.15, 0.2) is 40.9 Å². The molecule has 0 atom stereocenters. The van der Waals surface area contributed by atoms with Crippen LogP contribution >= 0.6 is 15.9 Å². The summed E-state index contributed by atoms with van der Waals surface area (Å²) in [6.07, 6.45) is 0. The summed E-state index contributed by atoms with van der Waals surface area (Å²) in [7, 11) is 0. The molecule has 0 saturated heterocycles. The molecule has 8 heteroatoms. The molecular formula is C16H14BrN3O4. The minimum Gasteiger partial charge on any atom is -0.452 e. The number of ether oxygens (including phenoxy) is 1. The molecule has 0 saturated carbocycles. The summed E-state index contributed by atoms with van der Waals surface area (Å²) in [5.74, 6) is -1.51. The first-order valence-corrected chi connectivity index (χ1v) is 7.66. The fraction of sp³-hybridized carbons (Fsp3) is 0.125. The molecule has 0 unspecified atom stereocenters. The molecule has 0 spiro atoms. The van der Waals surface area contributed by atoms with E-state index in [1.54, 1.807) is 24.4 Å². The first kappa shape index (κ1) is 17.6. The van der Waals surface area contributed by atoms with Gasteiger partial charge in [0.25, 0.3) is 5.91 Å². The van der Waals surface area contributed by atoms with Gasteiger partial charge in [-0.25, -0.2) is 9.59 Å². The number of hydrogen-bond acceptors (Lipinski definition) is 5. The normalized spacial score (nSPS) is 10.1. The van der Waals surface area contributed by atoms with E-state index in [0.29, 0.717) is 11.4 Å². The van der Waals surface area contributed by atoms with Crippen LogP contribution in [0.1, 0.15) is 16.1 Å². The number of nitrogens with two attached hydrogens (primary N) is 1. The highest BCUT2D eigenvalue weighted by atomic mass is 79.9. The number of rotatable bonds is 4. The minimum absolute atomic E-state index is 0.237. The van der Waals surface area contributed by atoms with Crippen LogP contribution in [0, 0.1) is 6.92 Å². The first-order valence-electron chi connectivity index (χ1n) is 6.87. The van der Waals surface area contributed by atoms with Crippen molar-refractivity contribution < 1.29 is 19.1 Å². The quantitative estimate of drug-likeness (QED) is 0.775. The third kappa shape index (κ3) is 4.63. The van der Waals surface area contributed by atoms with Crippen molar-refractivity contribution >= 4 is 33.8 Å². The van der Waals surface area contributed by atoms with Crippen molar-refractivity contribution in [2.24, 2.45) is 5.73 Å². The molecule has 0 aliphatic heterocycles. The zero-order valence-electron chi connectivity index (χ0n) is 12.7. The molecule has 0 aliphatic rings. The van der Waals surface area contributed by atoms with Crippen LogP contribution in [-0.4, -0.2) is 29.5 Å². The van der Waals surface area contributed by atoms with E-state index >= 15 is 0 Å². The van der Waals surface area contributed by atoms with Crippen LogP contribution in [0.2, 0.25) is 0 Å². The number of benzene rings is 1. The van der Waals surface area contributed by atoms with Crippen molar-refractivity contribution in [2.45, 2.75) is 6.92 Å². The standard InChI is InChI=1S/C16H14BrN3O4/c1-9-12(15(22)24-8-14(21)20-16(18)23)5-6-13(19-9)10-3-2-4-11(17)7-10/h2-7H,8H2,1H3,(H3,18,20,21,23). The number of hydrogen-bond donors (Lipinski definition) is 2. The Bertz CT molecular complexity index is 808. The summed E-state index contributed by atoms with van der Waals surface area (Å²) >= 11 is 3.39. The number of primary amides is 1. The van der Waals surface area contributed by atoms with Crippen LogP contribution in [0.5, 0.6) is 0 Å². The van der Waals surface area contributed by atoms with Crippen molar-refractivity contribution in [2.75, 3.05) is 6.61 Å². The van der Waals surface area contributed by atoms with E-state index in [4.69, 9.17) is 10.5 Å². The van der Waals surface area contributed by atoms with Crippen molar-refractivity contribution in [3.8, 4) is 11.3 Å². The van der Waals surface area contributed by atoms with E-state index in [1.165, 1.54) is 0 Å². The number of carbonyl (C=O) groups is 3. The van der Waals surface area contributed by atoms with Gasteiger partial charge in [-0.2, -0.15) is 0 Å². The topological polar surface area (TPSA) is 111 Å². The van der Waals surface area contributed by atoms with Crippen LogP contribution in [0.4, 0.5) is 4.79 Å². The van der Waals surface area contributed by atoms with E-state index in [9.17, 15) is 14.4 Å².